The Kier molecular flexibility index (Phi) is 3.20. The average Bonchev–Trinajstić information content (AvgIpc) is 2.75. The molecule has 0 spiro atoms. The van der Waals surface area contributed by atoms with Crippen molar-refractivity contribution in [1.82, 2.24) is 0 Å². The molecule has 1 aliphatic rings. The molecule has 2 rings (SSSR count). The number of hydrogen-bond acceptors (Lipinski definition) is 3. The van der Waals surface area contributed by atoms with Gasteiger partial charge in [0.05, 0.1) is 18.6 Å². The molecule has 1 aromatic carbocycles. The van der Waals surface area contributed by atoms with Crippen LogP contribution in [-0.2, 0) is 9.53 Å². The largest absolute Gasteiger partial charge is 0.507 e. The Labute approximate surface area is 105 Å². The number of esters is 1. The minimum absolute atomic E-state index is 0.122. The molecule has 90 valence electrons. The summed E-state index contributed by atoms with van der Waals surface area (Å²) in [4.78, 5) is 11.7. The van der Waals surface area contributed by atoms with Gasteiger partial charge in [-0.25, -0.2) is 4.79 Å². The molecule has 1 N–H and O–H groups in total. The van der Waals surface area contributed by atoms with Crippen LogP contribution in [0.15, 0.2) is 53.3 Å². The van der Waals surface area contributed by atoms with E-state index in [4.69, 9.17) is 11.2 Å². The van der Waals surface area contributed by atoms with Gasteiger partial charge in [0.15, 0.2) is 0 Å². The van der Waals surface area contributed by atoms with E-state index in [1.54, 1.807) is 0 Å². The number of methoxy groups -OCH3 is 1. The van der Waals surface area contributed by atoms with Gasteiger partial charge in [0.25, 0.3) is 0 Å². The summed E-state index contributed by atoms with van der Waals surface area (Å²) in [6, 6.07) is 9.30. The normalized spacial score (nSPS) is 18.2. The van der Waals surface area contributed by atoms with Crippen LogP contribution in [0.2, 0.25) is 0 Å². The first-order valence-electron chi connectivity index (χ1n) is 5.43. The van der Waals surface area contributed by atoms with E-state index in [9.17, 15) is 9.90 Å². The van der Waals surface area contributed by atoms with Crippen molar-refractivity contribution in [2.75, 3.05) is 7.11 Å². The molecule has 1 atom stereocenters. The monoisotopic (exact) mass is 240 g/mol. The molecule has 0 fully saturated rings. The Bertz CT molecular complexity index is 574. The van der Waals surface area contributed by atoms with Crippen molar-refractivity contribution in [3.63, 3.8) is 0 Å². The minimum Gasteiger partial charge on any atom is -0.507 e. The fourth-order valence-corrected chi connectivity index (χ4v) is 2.06. The molecule has 0 saturated heterocycles. The maximum absolute atomic E-state index is 11.7. The lowest BCUT2D eigenvalue weighted by atomic mass is 9.88. The molecule has 0 heterocycles. The van der Waals surface area contributed by atoms with Crippen LogP contribution in [0.25, 0.3) is 0 Å². The van der Waals surface area contributed by atoms with E-state index >= 15 is 0 Å². The lowest BCUT2D eigenvalue weighted by molar-refractivity contribution is -0.136. The second kappa shape index (κ2) is 4.80. The van der Waals surface area contributed by atoms with Crippen molar-refractivity contribution in [3.8, 4) is 12.3 Å². The van der Waals surface area contributed by atoms with Gasteiger partial charge in [0.1, 0.15) is 5.76 Å². The third kappa shape index (κ3) is 1.89. The first kappa shape index (κ1) is 12.0. The first-order chi connectivity index (χ1) is 8.69. The fraction of sp³-hybridized carbons (Fsp3) is 0.133. The van der Waals surface area contributed by atoms with Gasteiger partial charge >= 0.3 is 5.97 Å². The van der Waals surface area contributed by atoms with E-state index in [-0.39, 0.29) is 11.3 Å². The van der Waals surface area contributed by atoms with Crippen LogP contribution >= 0.6 is 0 Å². The van der Waals surface area contributed by atoms with Crippen LogP contribution in [0, 0.1) is 12.3 Å². The highest BCUT2D eigenvalue weighted by Crippen LogP contribution is 2.39. The zero-order valence-electron chi connectivity index (χ0n) is 9.88. The molecule has 1 aromatic rings. The molecule has 0 amide bonds. The summed E-state index contributed by atoms with van der Waals surface area (Å²) < 4.78 is 4.69. The summed E-state index contributed by atoms with van der Waals surface area (Å²) in [5, 5.41) is 9.83. The summed E-state index contributed by atoms with van der Waals surface area (Å²) in [5.41, 5.74) is 1.60. The molecular formula is C15H12O3. The van der Waals surface area contributed by atoms with Crippen LogP contribution in [0.4, 0.5) is 0 Å². The van der Waals surface area contributed by atoms with E-state index in [0.29, 0.717) is 5.57 Å². The molecule has 0 radical (unpaired) electrons. The predicted octanol–water partition coefficient (Wildman–Crippen LogP) is 2.33. The van der Waals surface area contributed by atoms with Gasteiger partial charge in [-0.3, -0.25) is 0 Å². The summed E-state index contributed by atoms with van der Waals surface area (Å²) >= 11 is 0. The number of allylic oxidation sites excluding steroid dienone is 2. The zero-order valence-corrected chi connectivity index (χ0v) is 9.88. The number of rotatable bonds is 2. The molecule has 0 bridgehead atoms. The van der Waals surface area contributed by atoms with Crippen LogP contribution in [0.5, 0.6) is 0 Å². The molecular weight excluding hydrogens is 228 g/mol. The van der Waals surface area contributed by atoms with Crippen molar-refractivity contribution < 1.29 is 14.6 Å². The van der Waals surface area contributed by atoms with Gasteiger partial charge < -0.3 is 9.84 Å². The van der Waals surface area contributed by atoms with Crippen molar-refractivity contribution >= 4 is 5.97 Å². The molecule has 0 saturated carbocycles. The quantitative estimate of drug-likeness (QED) is 0.637. The lowest BCUT2D eigenvalue weighted by Gasteiger charge is -2.15. The standard InChI is InChI=1S/C15H12O3/c1-3-10-9-12(16)14(15(17)18-2)13(10)11-7-5-4-6-8-11/h1,4-9,13,16H,2H3. The summed E-state index contributed by atoms with van der Waals surface area (Å²) in [6.07, 6.45) is 6.85. The van der Waals surface area contributed by atoms with Crippen molar-refractivity contribution in [3.05, 3.63) is 58.9 Å². The van der Waals surface area contributed by atoms with Gasteiger partial charge in [0, 0.05) is 5.57 Å². The second-order valence-corrected chi connectivity index (χ2v) is 3.88. The van der Waals surface area contributed by atoms with Crippen LogP contribution in [0.3, 0.4) is 0 Å². The smallest absolute Gasteiger partial charge is 0.338 e. The van der Waals surface area contributed by atoms with Crippen LogP contribution in [-0.4, -0.2) is 18.2 Å². The summed E-state index contributed by atoms with van der Waals surface area (Å²) in [5.74, 6) is 1.39. The molecule has 1 aliphatic carbocycles. The van der Waals surface area contributed by atoms with Gasteiger partial charge in [-0.2, -0.15) is 0 Å². The number of hydrogen-bond donors (Lipinski definition) is 1. The Morgan fingerprint density at radius 3 is 2.61 bits per heavy atom. The molecule has 0 aromatic heterocycles. The number of carbonyl (C=O) groups is 1. The SMILES string of the molecule is C#CC1=CC(O)=C(C(=O)OC)C1c1ccccc1. The molecule has 18 heavy (non-hydrogen) atoms. The van der Waals surface area contributed by atoms with Gasteiger partial charge in [-0.05, 0) is 11.6 Å². The highest BCUT2D eigenvalue weighted by molar-refractivity contribution is 5.94. The maximum Gasteiger partial charge on any atom is 0.338 e. The first-order valence-corrected chi connectivity index (χ1v) is 5.43. The number of aliphatic hydroxyl groups excluding tert-OH is 1. The lowest BCUT2D eigenvalue weighted by Crippen LogP contribution is -2.13. The van der Waals surface area contributed by atoms with Crippen molar-refractivity contribution in [2.24, 2.45) is 0 Å². The Morgan fingerprint density at radius 2 is 2.06 bits per heavy atom. The Hall–Kier alpha value is -2.47. The minimum atomic E-state index is -0.567. The highest BCUT2D eigenvalue weighted by Gasteiger charge is 2.33. The van der Waals surface area contributed by atoms with Crippen molar-refractivity contribution in [2.45, 2.75) is 5.92 Å². The van der Waals surface area contributed by atoms with E-state index in [2.05, 4.69) is 5.92 Å². The van der Waals surface area contributed by atoms with Crippen LogP contribution in [0.1, 0.15) is 11.5 Å². The Balaban J connectivity index is 2.51. The summed E-state index contributed by atoms with van der Waals surface area (Å²) in [6.45, 7) is 0. The number of ether oxygens (including phenoxy) is 1. The van der Waals surface area contributed by atoms with Crippen LogP contribution < -0.4 is 0 Å². The molecule has 3 nitrogen and oxygen atoms in total. The van der Waals surface area contributed by atoms with E-state index in [1.807, 2.05) is 30.3 Å². The zero-order chi connectivity index (χ0) is 13.1. The summed E-state index contributed by atoms with van der Waals surface area (Å²) in [7, 11) is 1.28. The third-order valence-corrected chi connectivity index (χ3v) is 2.87. The maximum atomic E-state index is 11.7. The number of terminal acetylenes is 1. The topological polar surface area (TPSA) is 46.5 Å². The molecule has 0 aliphatic heterocycles. The third-order valence-electron chi connectivity index (χ3n) is 2.87. The number of aliphatic hydroxyl groups is 1. The predicted molar refractivity (Wildman–Crippen MR) is 67.8 cm³/mol. The van der Waals surface area contributed by atoms with Crippen molar-refractivity contribution in [1.29, 1.82) is 0 Å². The number of benzene rings is 1. The highest BCUT2D eigenvalue weighted by atomic mass is 16.5. The van der Waals surface area contributed by atoms with E-state index in [1.165, 1.54) is 13.2 Å². The van der Waals surface area contributed by atoms with Gasteiger partial charge in [0.2, 0.25) is 0 Å². The Morgan fingerprint density at radius 1 is 1.39 bits per heavy atom. The fourth-order valence-electron chi connectivity index (χ4n) is 2.06. The van der Waals surface area contributed by atoms with Gasteiger partial charge in [-0.15, -0.1) is 6.42 Å². The number of carbonyl (C=O) groups excluding carboxylic acids is 1. The van der Waals surface area contributed by atoms with Gasteiger partial charge in [-0.1, -0.05) is 36.3 Å². The van der Waals surface area contributed by atoms with E-state index < -0.39 is 11.9 Å². The second-order valence-electron chi connectivity index (χ2n) is 3.88. The molecule has 3 heteroatoms. The molecule has 1 unspecified atom stereocenters. The average molecular weight is 240 g/mol. The van der Waals surface area contributed by atoms with E-state index in [0.717, 1.165) is 5.56 Å².